The molecule has 0 radical (unpaired) electrons. The van der Waals surface area contributed by atoms with Crippen molar-refractivity contribution in [3.05, 3.63) is 23.8 Å². The summed E-state index contributed by atoms with van der Waals surface area (Å²) >= 11 is 0. The molecule has 0 atom stereocenters. The third-order valence-electron chi connectivity index (χ3n) is 4.85. The van der Waals surface area contributed by atoms with Crippen molar-refractivity contribution in [3.63, 3.8) is 0 Å². The highest BCUT2D eigenvalue weighted by atomic mass is 35.5. The average Bonchev–Trinajstić information content (AvgIpc) is 2.60. The van der Waals surface area contributed by atoms with E-state index in [1.807, 2.05) is 18.2 Å². The van der Waals surface area contributed by atoms with Crippen LogP contribution >= 0.6 is 12.4 Å². The minimum atomic E-state index is -0.0131. The van der Waals surface area contributed by atoms with Crippen LogP contribution in [-0.4, -0.2) is 26.7 Å². The molecule has 5 nitrogen and oxygen atoms in total. The minimum absolute atomic E-state index is 0. The first-order chi connectivity index (χ1) is 11.1. The zero-order valence-electron chi connectivity index (χ0n) is 14.6. The molecule has 1 saturated carbocycles. The Labute approximate surface area is 150 Å². The van der Waals surface area contributed by atoms with Gasteiger partial charge in [-0.15, -0.1) is 12.4 Å². The number of carbonyl (C=O) groups excluding carboxylic acids is 1. The molecule has 1 amide bonds. The van der Waals surface area contributed by atoms with Crippen LogP contribution in [0.2, 0.25) is 0 Å². The lowest BCUT2D eigenvalue weighted by molar-refractivity contribution is -0.124. The smallest absolute Gasteiger partial charge is 0.220 e. The normalized spacial score (nSPS) is 16.0. The maximum Gasteiger partial charge on any atom is 0.220 e. The van der Waals surface area contributed by atoms with E-state index in [9.17, 15) is 4.79 Å². The Hall–Kier alpha value is -1.46. The van der Waals surface area contributed by atoms with Gasteiger partial charge in [-0.25, -0.2) is 0 Å². The number of rotatable bonds is 7. The molecular weight excluding hydrogens is 328 g/mol. The van der Waals surface area contributed by atoms with Gasteiger partial charge in [0.1, 0.15) is 11.5 Å². The van der Waals surface area contributed by atoms with Crippen LogP contribution in [0, 0.1) is 5.41 Å². The molecular formula is C18H29ClN2O3. The van der Waals surface area contributed by atoms with Crippen molar-refractivity contribution in [2.24, 2.45) is 11.1 Å². The summed E-state index contributed by atoms with van der Waals surface area (Å²) < 4.78 is 10.6. The first kappa shape index (κ1) is 20.6. The van der Waals surface area contributed by atoms with Gasteiger partial charge in [-0.1, -0.05) is 19.3 Å². The zero-order chi connectivity index (χ0) is 16.7. The van der Waals surface area contributed by atoms with Crippen molar-refractivity contribution in [3.8, 4) is 11.5 Å². The molecule has 0 bridgehead atoms. The highest BCUT2D eigenvalue weighted by Gasteiger charge is 2.32. The Kier molecular flexibility index (Phi) is 8.36. The molecule has 1 aliphatic rings. The fourth-order valence-electron chi connectivity index (χ4n) is 3.37. The molecule has 0 aliphatic heterocycles. The number of nitrogens with one attached hydrogen (secondary N) is 1. The zero-order valence-corrected chi connectivity index (χ0v) is 15.4. The van der Waals surface area contributed by atoms with Crippen molar-refractivity contribution in [1.82, 2.24) is 5.32 Å². The second-order valence-corrected chi connectivity index (χ2v) is 6.40. The number of hydrogen-bond acceptors (Lipinski definition) is 4. The van der Waals surface area contributed by atoms with Gasteiger partial charge in [0.2, 0.25) is 5.91 Å². The quantitative estimate of drug-likeness (QED) is 0.787. The summed E-state index contributed by atoms with van der Waals surface area (Å²) in [5.74, 6) is 1.56. The largest absolute Gasteiger partial charge is 0.497 e. The van der Waals surface area contributed by atoms with Crippen LogP contribution < -0.4 is 20.5 Å². The highest BCUT2D eigenvalue weighted by molar-refractivity contribution is 5.85. The number of nitrogens with two attached hydrogens (primary N) is 1. The first-order valence-corrected chi connectivity index (χ1v) is 8.30. The lowest BCUT2D eigenvalue weighted by atomic mass is 9.71. The van der Waals surface area contributed by atoms with Crippen LogP contribution in [0.3, 0.4) is 0 Å². The van der Waals surface area contributed by atoms with Gasteiger partial charge in [-0.3, -0.25) is 4.79 Å². The summed E-state index contributed by atoms with van der Waals surface area (Å²) in [4.78, 5) is 12.4. The average molecular weight is 357 g/mol. The van der Waals surface area contributed by atoms with E-state index in [-0.39, 0.29) is 23.7 Å². The summed E-state index contributed by atoms with van der Waals surface area (Å²) in [5.41, 5.74) is 6.86. The van der Waals surface area contributed by atoms with E-state index >= 15 is 0 Å². The molecule has 0 aromatic heterocycles. The maximum absolute atomic E-state index is 12.4. The molecule has 24 heavy (non-hydrogen) atoms. The van der Waals surface area contributed by atoms with E-state index < -0.39 is 0 Å². The molecule has 0 heterocycles. The predicted molar refractivity (Wildman–Crippen MR) is 97.8 cm³/mol. The van der Waals surface area contributed by atoms with E-state index in [1.54, 1.807) is 14.2 Å². The summed E-state index contributed by atoms with van der Waals surface area (Å²) in [6, 6.07) is 5.58. The number of methoxy groups -OCH3 is 2. The first-order valence-electron chi connectivity index (χ1n) is 8.30. The lowest BCUT2D eigenvalue weighted by Gasteiger charge is -2.35. The van der Waals surface area contributed by atoms with Gasteiger partial charge in [0.15, 0.2) is 0 Å². The molecule has 2 rings (SSSR count). The predicted octanol–water partition coefficient (Wildman–Crippen LogP) is 3.04. The number of halogens is 1. The Morgan fingerprint density at radius 2 is 1.92 bits per heavy atom. The highest BCUT2D eigenvalue weighted by Crippen LogP contribution is 2.38. The number of ether oxygens (including phenoxy) is 2. The van der Waals surface area contributed by atoms with Gasteiger partial charge >= 0.3 is 0 Å². The van der Waals surface area contributed by atoms with Crippen LogP contribution in [0.4, 0.5) is 0 Å². The molecule has 1 aromatic carbocycles. The van der Waals surface area contributed by atoms with Crippen LogP contribution in [0.15, 0.2) is 18.2 Å². The standard InChI is InChI=1S/C18H28N2O3.ClH/c1-22-15-6-7-16(23-2)14(10-15)12-20-17(21)11-18(13-19)8-4-3-5-9-18;/h6-7,10H,3-5,8-9,11-13,19H2,1-2H3,(H,20,21);1H. The molecule has 1 fully saturated rings. The number of carbonyl (C=O) groups is 1. The van der Waals surface area contributed by atoms with Crippen molar-refractivity contribution < 1.29 is 14.3 Å². The molecule has 0 saturated heterocycles. The monoisotopic (exact) mass is 356 g/mol. The van der Waals surface area contributed by atoms with Crippen LogP contribution in [0.5, 0.6) is 11.5 Å². The Balaban J connectivity index is 0.00000288. The molecule has 136 valence electrons. The molecule has 1 aromatic rings. The van der Waals surface area contributed by atoms with Crippen LogP contribution in [0.1, 0.15) is 44.1 Å². The van der Waals surface area contributed by atoms with E-state index in [4.69, 9.17) is 15.2 Å². The summed E-state index contributed by atoms with van der Waals surface area (Å²) in [7, 11) is 3.25. The number of amides is 1. The van der Waals surface area contributed by atoms with Crippen molar-refractivity contribution >= 4 is 18.3 Å². The molecule has 6 heteroatoms. The van der Waals surface area contributed by atoms with E-state index in [0.717, 1.165) is 29.9 Å². The van der Waals surface area contributed by atoms with Gasteiger partial charge in [0, 0.05) is 18.5 Å². The van der Waals surface area contributed by atoms with Gasteiger partial charge in [0.25, 0.3) is 0 Å². The van der Waals surface area contributed by atoms with E-state index in [0.29, 0.717) is 19.5 Å². The fraction of sp³-hybridized carbons (Fsp3) is 0.611. The second-order valence-electron chi connectivity index (χ2n) is 6.40. The third-order valence-corrected chi connectivity index (χ3v) is 4.85. The molecule has 0 spiro atoms. The third kappa shape index (κ3) is 5.28. The van der Waals surface area contributed by atoms with Gasteiger partial charge < -0.3 is 20.5 Å². The molecule has 1 aliphatic carbocycles. The van der Waals surface area contributed by atoms with E-state index in [1.165, 1.54) is 19.3 Å². The minimum Gasteiger partial charge on any atom is -0.497 e. The van der Waals surface area contributed by atoms with Crippen LogP contribution in [0.25, 0.3) is 0 Å². The Bertz CT molecular complexity index is 531. The SMILES string of the molecule is COc1ccc(OC)c(CNC(=O)CC2(CN)CCCCC2)c1.Cl. The molecule has 3 N–H and O–H groups in total. The van der Waals surface area contributed by atoms with Gasteiger partial charge in [0.05, 0.1) is 14.2 Å². The number of benzene rings is 1. The van der Waals surface area contributed by atoms with Crippen LogP contribution in [-0.2, 0) is 11.3 Å². The summed E-state index contributed by atoms with van der Waals surface area (Å²) in [6.45, 7) is 1.02. The summed E-state index contributed by atoms with van der Waals surface area (Å²) in [6.07, 6.45) is 6.22. The fourth-order valence-corrected chi connectivity index (χ4v) is 3.37. The second kappa shape index (κ2) is 9.74. The topological polar surface area (TPSA) is 73.6 Å². The number of hydrogen-bond donors (Lipinski definition) is 2. The van der Waals surface area contributed by atoms with Gasteiger partial charge in [-0.05, 0) is 43.0 Å². The van der Waals surface area contributed by atoms with Crippen molar-refractivity contribution in [2.45, 2.75) is 45.1 Å². The lowest BCUT2D eigenvalue weighted by Crippen LogP contribution is -2.38. The molecule has 0 unspecified atom stereocenters. The Morgan fingerprint density at radius 3 is 2.50 bits per heavy atom. The Morgan fingerprint density at radius 1 is 1.21 bits per heavy atom. The van der Waals surface area contributed by atoms with E-state index in [2.05, 4.69) is 5.32 Å². The van der Waals surface area contributed by atoms with Crippen molar-refractivity contribution in [2.75, 3.05) is 20.8 Å². The van der Waals surface area contributed by atoms with Gasteiger partial charge in [-0.2, -0.15) is 0 Å². The maximum atomic E-state index is 12.4. The van der Waals surface area contributed by atoms with Crippen molar-refractivity contribution in [1.29, 1.82) is 0 Å². The summed E-state index contributed by atoms with van der Waals surface area (Å²) in [5, 5.41) is 3.00.